The molecule has 0 radical (unpaired) electrons. The second kappa shape index (κ2) is 6.16. The molecule has 0 aromatic carbocycles. The molecule has 1 atom stereocenters. The van der Waals surface area contributed by atoms with Gasteiger partial charge in [0.15, 0.2) is 0 Å². The first-order valence-electron chi connectivity index (χ1n) is 9.03. The van der Waals surface area contributed by atoms with E-state index in [9.17, 15) is 0 Å². The van der Waals surface area contributed by atoms with Crippen LogP contribution in [0.5, 0.6) is 0 Å². The third-order valence-electron chi connectivity index (χ3n) is 6.41. The molecule has 1 unspecified atom stereocenters. The highest BCUT2D eigenvalue weighted by molar-refractivity contribution is 5.01. The molecule has 4 aliphatic rings. The molecule has 4 saturated carbocycles. The van der Waals surface area contributed by atoms with E-state index < -0.39 is 0 Å². The predicted molar refractivity (Wildman–Crippen MR) is 82.1 cm³/mol. The largest absolute Gasteiger partial charge is 0.313 e. The molecule has 4 rings (SSSR count). The summed E-state index contributed by atoms with van der Waals surface area (Å²) in [5.41, 5.74) is 0. The first kappa shape index (κ1) is 13.9. The summed E-state index contributed by atoms with van der Waals surface area (Å²) in [6, 6.07) is 0.892. The van der Waals surface area contributed by atoms with Gasteiger partial charge >= 0.3 is 0 Å². The molecule has 0 aliphatic heterocycles. The van der Waals surface area contributed by atoms with Gasteiger partial charge in [-0.05, 0) is 74.7 Å². The lowest BCUT2D eigenvalue weighted by atomic mass is 9.54. The second-order valence-corrected chi connectivity index (χ2v) is 7.78. The quantitative estimate of drug-likeness (QED) is 0.707. The standard InChI is InChI=1S/C18H33N/c1-3-5-6-13(4-2)12-19-18-16-8-14-7-15(10-16)11-17(18)9-14/h13-19H,3-12H2,1-2H3. The maximum Gasteiger partial charge on any atom is 0.0124 e. The zero-order valence-electron chi connectivity index (χ0n) is 13.0. The lowest BCUT2D eigenvalue weighted by Crippen LogP contribution is -2.55. The van der Waals surface area contributed by atoms with Crippen molar-refractivity contribution in [1.29, 1.82) is 0 Å². The lowest BCUT2D eigenvalue weighted by molar-refractivity contribution is -0.0149. The Labute approximate surface area is 119 Å². The van der Waals surface area contributed by atoms with Gasteiger partial charge in [0.25, 0.3) is 0 Å². The van der Waals surface area contributed by atoms with E-state index in [1.165, 1.54) is 32.2 Å². The van der Waals surface area contributed by atoms with Crippen LogP contribution in [-0.4, -0.2) is 12.6 Å². The third-order valence-corrected chi connectivity index (χ3v) is 6.41. The van der Waals surface area contributed by atoms with E-state index in [0.29, 0.717) is 0 Å². The van der Waals surface area contributed by atoms with E-state index in [4.69, 9.17) is 0 Å². The molecule has 1 heteroatoms. The molecule has 0 aromatic heterocycles. The van der Waals surface area contributed by atoms with E-state index in [0.717, 1.165) is 35.6 Å². The Morgan fingerprint density at radius 1 is 0.947 bits per heavy atom. The zero-order valence-corrected chi connectivity index (χ0v) is 13.0. The minimum Gasteiger partial charge on any atom is -0.313 e. The van der Waals surface area contributed by atoms with Gasteiger partial charge in [-0.3, -0.25) is 0 Å². The third kappa shape index (κ3) is 3.01. The topological polar surface area (TPSA) is 12.0 Å². The normalized spacial score (nSPS) is 41.7. The van der Waals surface area contributed by atoms with E-state index in [1.54, 1.807) is 32.1 Å². The summed E-state index contributed by atoms with van der Waals surface area (Å²) in [6.45, 7) is 5.99. The molecule has 110 valence electrons. The number of hydrogen-bond acceptors (Lipinski definition) is 1. The summed E-state index contributed by atoms with van der Waals surface area (Å²) >= 11 is 0. The molecule has 19 heavy (non-hydrogen) atoms. The van der Waals surface area contributed by atoms with Crippen LogP contribution in [0.1, 0.15) is 71.6 Å². The van der Waals surface area contributed by atoms with Gasteiger partial charge < -0.3 is 5.32 Å². The van der Waals surface area contributed by atoms with Crippen LogP contribution in [0.4, 0.5) is 0 Å². The van der Waals surface area contributed by atoms with Crippen LogP contribution in [0.25, 0.3) is 0 Å². The summed E-state index contributed by atoms with van der Waals surface area (Å²) in [5, 5.41) is 4.02. The fourth-order valence-corrected chi connectivity index (χ4v) is 5.50. The number of rotatable bonds is 7. The molecule has 1 N–H and O–H groups in total. The van der Waals surface area contributed by atoms with E-state index >= 15 is 0 Å². The van der Waals surface area contributed by atoms with Gasteiger partial charge in [-0.25, -0.2) is 0 Å². The van der Waals surface area contributed by atoms with Gasteiger partial charge in [0, 0.05) is 6.04 Å². The molecule has 0 heterocycles. The lowest BCUT2D eigenvalue weighted by Gasteiger charge is -2.54. The molecule has 1 nitrogen and oxygen atoms in total. The number of nitrogens with one attached hydrogen (secondary N) is 1. The smallest absolute Gasteiger partial charge is 0.0124 e. The zero-order chi connectivity index (χ0) is 13.2. The Hall–Kier alpha value is -0.0400. The molecule has 0 amide bonds. The van der Waals surface area contributed by atoms with E-state index in [1.807, 2.05) is 0 Å². The summed E-state index contributed by atoms with van der Waals surface area (Å²) in [7, 11) is 0. The molecule has 0 saturated heterocycles. The van der Waals surface area contributed by atoms with Crippen LogP contribution in [0.2, 0.25) is 0 Å². The fraction of sp³-hybridized carbons (Fsp3) is 1.00. The highest BCUT2D eigenvalue weighted by Gasteiger charge is 2.47. The van der Waals surface area contributed by atoms with Crippen molar-refractivity contribution >= 4 is 0 Å². The summed E-state index contributed by atoms with van der Waals surface area (Å²) in [5.74, 6) is 5.24. The predicted octanol–water partition coefficient (Wildman–Crippen LogP) is 4.62. The minimum atomic E-state index is 0.892. The van der Waals surface area contributed by atoms with Crippen molar-refractivity contribution in [2.24, 2.45) is 29.6 Å². The molecule has 0 aromatic rings. The van der Waals surface area contributed by atoms with Crippen LogP contribution in [0.3, 0.4) is 0 Å². The maximum atomic E-state index is 4.02. The van der Waals surface area contributed by atoms with Crippen molar-refractivity contribution in [2.45, 2.75) is 77.7 Å². The monoisotopic (exact) mass is 263 g/mol. The van der Waals surface area contributed by atoms with Gasteiger partial charge in [0.1, 0.15) is 0 Å². The molecular formula is C18H33N. The SMILES string of the molecule is CCCCC(CC)CNC1C2CC3CC(C2)CC1C3. The van der Waals surface area contributed by atoms with Crippen molar-refractivity contribution in [3.05, 3.63) is 0 Å². The van der Waals surface area contributed by atoms with Crippen molar-refractivity contribution in [3.8, 4) is 0 Å². The first-order valence-corrected chi connectivity index (χ1v) is 9.03. The van der Waals surface area contributed by atoms with Crippen LogP contribution in [-0.2, 0) is 0 Å². The van der Waals surface area contributed by atoms with Gasteiger partial charge in [0.2, 0.25) is 0 Å². The fourth-order valence-electron chi connectivity index (χ4n) is 5.50. The van der Waals surface area contributed by atoms with Gasteiger partial charge in [-0.2, -0.15) is 0 Å². The number of hydrogen-bond donors (Lipinski definition) is 1. The summed E-state index contributed by atoms with van der Waals surface area (Å²) in [6.07, 6.45) is 13.4. The minimum absolute atomic E-state index is 0.892. The Bertz CT molecular complexity index is 257. The van der Waals surface area contributed by atoms with E-state index in [2.05, 4.69) is 19.2 Å². The van der Waals surface area contributed by atoms with Crippen LogP contribution in [0.15, 0.2) is 0 Å². The first-order chi connectivity index (χ1) is 9.30. The van der Waals surface area contributed by atoms with Gasteiger partial charge in [-0.1, -0.05) is 33.1 Å². The number of unbranched alkanes of at least 4 members (excludes halogenated alkanes) is 1. The summed E-state index contributed by atoms with van der Waals surface area (Å²) in [4.78, 5) is 0. The van der Waals surface area contributed by atoms with Crippen LogP contribution >= 0.6 is 0 Å². The molecule has 0 spiro atoms. The van der Waals surface area contributed by atoms with Crippen molar-refractivity contribution in [1.82, 2.24) is 5.32 Å². The van der Waals surface area contributed by atoms with Crippen molar-refractivity contribution < 1.29 is 0 Å². The van der Waals surface area contributed by atoms with E-state index in [-0.39, 0.29) is 0 Å². The highest BCUT2D eigenvalue weighted by atomic mass is 14.9. The van der Waals surface area contributed by atoms with Crippen LogP contribution < -0.4 is 5.32 Å². The van der Waals surface area contributed by atoms with Gasteiger partial charge in [0.05, 0.1) is 0 Å². The second-order valence-electron chi connectivity index (χ2n) is 7.78. The highest BCUT2D eigenvalue weighted by Crippen LogP contribution is 2.53. The van der Waals surface area contributed by atoms with Crippen molar-refractivity contribution in [2.75, 3.05) is 6.54 Å². The Kier molecular flexibility index (Phi) is 4.51. The van der Waals surface area contributed by atoms with Crippen LogP contribution in [0, 0.1) is 29.6 Å². The molecule has 4 bridgehead atoms. The maximum absolute atomic E-state index is 4.02. The molecule has 4 aliphatic carbocycles. The molecular weight excluding hydrogens is 230 g/mol. The summed E-state index contributed by atoms with van der Waals surface area (Å²) < 4.78 is 0. The van der Waals surface area contributed by atoms with Gasteiger partial charge in [-0.15, -0.1) is 0 Å². The average molecular weight is 263 g/mol. The average Bonchev–Trinajstić information content (AvgIpc) is 2.40. The van der Waals surface area contributed by atoms with Crippen molar-refractivity contribution in [3.63, 3.8) is 0 Å². The Balaban J connectivity index is 1.50. The Morgan fingerprint density at radius 2 is 1.58 bits per heavy atom. The Morgan fingerprint density at radius 3 is 2.11 bits per heavy atom. The molecule has 4 fully saturated rings.